The maximum Gasteiger partial charge on any atom is 0.315 e. The normalized spacial score (nSPS) is 24.0. The molecule has 1 unspecified atom stereocenters. The number of nitrogens with zero attached hydrogens (tertiary/aromatic N) is 1. The highest BCUT2D eigenvalue weighted by atomic mass is 35.5. The van der Waals surface area contributed by atoms with E-state index in [-0.39, 0.29) is 17.7 Å². The van der Waals surface area contributed by atoms with Crippen molar-refractivity contribution < 1.29 is 14.3 Å². The van der Waals surface area contributed by atoms with Gasteiger partial charge in [0, 0.05) is 34.3 Å². The Kier molecular flexibility index (Phi) is 5.37. The zero-order valence-electron chi connectivity index (χ0n) is 16.4. The van der Waals surface area contributed by atoms with Crippen LogP contribution in [0.5, 0.6) is 0 Å². The lowest BCUT2D eigenvalue weighted by molar-refractivity contribution is -0.143. The molecule has 1 heterocycles. The topological polar surface area (TPSA) is 55.7 Å². The molecule has 0 saturated heterocycles. The van der Waals surface area contributed by atoms with E-state index in [0.29, 0.717) is 29.1 Å². The van der Waals surface area contributed by atoms with E-state index in [4.69, 9.17) is 21.3 Å². The van der Waals surface area contributed by atoms with Gasteiger partial charge in [0.05, 0.1) is 7.11 Å². The zero-order chi connectivity index (χ0) is 20.5. The number of rotatable bonds is 3. The van der Waals surface area contributed by atoms with Gasteiger partial charge in [-0.1, -0.05) is 54.1 Å². The molecule has 0 radical (unpaired) electrons. The molecule has 2 aliphatic rings. The number of methoxy groups -OCH3 is 1. The Morgan fingerprint density at radius 2 is 1.72 bits per heavy atom. The lowest BCUT2D eigenvalue weighted by Gasteiger charge is -2.36. The largest absolute Gasteiger partial charge is 0.468 e. The zero-order valence-corrected chi connectivity index (χ0v) is 17.1. The first-order chi connectivity index (χ1) is 14.0. The van der Waals surface area contributed by atoms with Crippen LogP contribution in [0.4, 0.5) is 0 Å². The molecular formula is C24H22ClNO3. The van der Waals surface area contributed by atoms with E-state index < -0.39 is 11.8 Å². The molecule has 29 heavy (non-hydrogen) atoms. The van der Waals surface area contributed by atoms with Crippen molar-refractivity contribution in [3.05, 3.63) is 82.0 Å². The molecule has 0 N–H and O–H groups in total. The number of Topliss-reactive ketones (excluding diaryl/α,β-unsaturated/α-hetero) is 1. The Morgan fingerprint density at radius 3 is 2.38 bits per heavy atom. The van der Waals surface area contributed by atoms with Crippen LogP contribution in [0.1, 0.15) is 42.7 Å². The van der Waals surface area contributed by atoms with Gasteiger partial charge >= 0.3 is 5.97 Å². The molecule has 0 spiro atoms. The Hall–Kier alpha value is -2.72. The van der Waals surface area contributed by atoms with Crippen molar-refractivity contribution in [2.24, 2.45) is 10.9 Å². The van der Waals surface area contributed by atoms with E-state index in [1.165, 1.54) is 7.11 Å². The second-order valence-corrected chi connectivity index (χ2v) is 8.02. The second-order valence-electron chi connectivity index (χ2n) is 7.58. The van der Waals surface area contributed by atoms with Crippen molar-refractivity contribution >= 4 is 29.1 Å². The molecule has 148 valence electrons. The molecular weight excluding hydrogens is 386 g/mol. The molecule has 0 saturated carbocycles. The highest BCUT2D eigenvalue weighted by molar-refractivity contribution is 6.30. The van der Waals surface area contributed by atoms with E-state index in [9.17, 15) is 9.59 Å². The number of ketones is 1. The summed E-state index contributed by atoms with van der Waals surface area (Å²) in [4.78, 5) is 30.7. The summed E-state index contributed by atoms with van der Waals surface area (Å²) in [6, 6.07) is 17.4. The van der Waals surface area contributed by atoms with Gasteiger partial charge in [-0.25, -0.2) is 0 Å². The summed E-state index contributed by atoms with van der Waals surface area (Å²) >= 11 is 6.06. The Labute approximate surface area is 175 Å². The predicted octanol–water partition coefficient (Wildman–Crippen LogP) is 5.09. The third-order valence-electron chi connectivity index (χ3n) is 5.84. The van der Waals surface area contributed by atoms with Gasteiger partial charge in [0.1, 0.15) is 5.92 Å². The van der Waals surface area contributed by atoms with E-state index in [1.54, 1.807) is 12.1 Å². The smallest absolute Gasteiger partial charge is 0.315 e. The van der Waals surface area contributed by atoms with Crippen LogP contribution in [0.2, 0.25) is 5.02 Å². The molecule has 0 aromatic heterocycles. The Morgan fingerprint density at radius 1 is 1.03 bits per heavy atom. The molecule has 4 nitrogen and oxygen atoms in total. The van der Waals surface area contributed by atoms with Crippen LogP contribution < -0.4 is 0 Å². The molecule has 4 rings (SSSR count). The van der Waals surface area contributed by atoms with Gasteiger partial charge in [-0.15, -0.1) is 0 Å². The van der Waals surface area contributed by atoms with Crippen LogP contribution in [0.3, 0.4) is 0 Å². The minimum absolute atomic E-state index is 0.0465. The number of ether oxygens (including phenoxy) is 1. The van der Waals surface area contributed by atoms with E-state index in [0.717, 1.165) is 16.8 Å². The maximum absolute atomic E-state index is 13.3. The average Bonchev–Trinajstić information content (AvgIpc) is 2.73. The molecule has 0 amide bonds. The quantitative estimate of drug-likeness (QED) is 0.666. The molecule has 0 fully saturated rings. The number of carbonyl (C=O) groups excluding carboxylic acids is 2. The van der Waals surface area contributed by atoms with Gasteiger partial charge < -0.3 is 4.74 Å². The molecule has 0 bridgehead atoms. The second kappa shape index (κ2) is 7.96. The molecule has 2 aromatic carbocycles. The number of allylic oxidation sites excluding steroid dienone is 2. The number of halogens is 1. The average molecular weight is 408 g/mol. The summed E-state index contributed by atoms with van der Waals surface area (Å²) in [5.41, 5.74) is 4.11. The van der Waals surface area contributed by atoms with Gasteiger partial charge in [-0.05, 0) is 42.5 Å². The van der Waals surface area contributed by atoms with Crippen LogP contribution in [-0.2, 0) is 14.3 Å². The van der Waals surface area contributed by atoms with Gasteiger partial charge in [0.15, 0.2) is 5.78 Å². The van der Waals surface area contributed by atoms with Crippen LogP contribution in [-0.4, -0.2) is 24.6 Å². The van der Waals surface area contributed by atoms with Crippen molar-refractivity contribution in [2.75, 3.05) is 7.11 Å². The number of carbonyl (C=O) groups is 2. The number of aliphatic imine (C=N–C) groups is 1. The number of hydrogen-bond acceptors (Lipinski definition) is 4. The highest BCUT2D eigenvalue weighted by Crippen LogP contribution is 2.46. The minimum Gasteiger partial charge on any atom is -0.468 e. The SMILES string of the molecule is COC(=O)C1C(C)=NC2=C(C(=O)C[C@H](c3ccccc3)C2)[C@H]1c1ccc(Cl)cc1. The first-order valence-corrected chi connectivity index (χ1v) is 10.1. The van der Waals surface area contributed by atoms with Crippen molar-refractivity contribution in [1.82, 2.24) is 0 Å². The third-order valence-corrected chi connectivity index (χ3v) is 6.10. The molecule has 5 heteroatoms. The first-order valence-electron chi connectivity index (χ1n) is 9.69. The molecule has 1 aliphatic heterocycles. The van der Waals surface area contributed by atoms with E-state index in [2.05, 4.69) is 12.1 Å². The Balaban J connectivity index is 1.81. The summed E-state index contributed by atoms with van der Waals surface area (Å²) in [7, 11) is 1.37. The summed E-state index contributed by atoms with van der Waals surface area (Å²) in [5, 5.41) is 0.609. The van der Waals surface area contributed by atoms with Crippen LogP contribution >= 0.6 is 11.6 Å². The van der Waals surface area contributed by atoms with E-state index in [1.807, 2.05) is 37.3 Å². The van der Waals surface area contributed by atoms with Gasteiger partial charge in [-0.2, -0.15) is 0 Å². The van der Waals surface area contributed by atoms with Crippen molar-refractivity contribution in [3.63, 3.8) is 0 Å². The van der Waals surface area contributed by atoms with Crippen LogP contribution in [0, 0.1) is 5.92 Å². The van der Waals surface area contributed by atoms with Crippen molar-refractivity contribution in [3.8, 4) is 0 Å². The highest BCUT2D eigenvalue weighted by Gasteiger charge is 2.44. The van der Waals surface area contributed by atoms with Gasteiger partial charge in [0.2, 0.25) is 0 Å². The summed E-state index contributed by atoms with van der Waals surface area (Å²) in [6.07, 6.45) is 1.09. The summed E-state index contributed by atoms with van der Waals surface area (Å²) < 4.78 is 5.06. The number of benzene rings is 2. The van der Waals surface area contributed by atoms with Crippen LogP contribution in [0.25, 0.3) is 0 Å². The fourth-order valence-corrected chi connectivity index (χ4v) is 4.61. The monoisotopic (exact) mass is 407 g/mol. The minimum atomic E-state index is -0.614. The predicted molar refractivity (Wildman–Crippen MR) is 113 cm³/mol. The Bertz CT molecular complexity index is 1010. The fraction of sp³-hybridized carbons (Fsp3) is 0.292. The number of hydrogen-bond donors (Lipinski definition) is 0. The summed E-state index contributed by atoms with van der Waals surface area (Å²) in [5.74, 6) is -1.26. The lowest BCUT2D eigenvalue weighted by atomic mass is 9.69. The van der Waals surface area contributed by atoms with Gasteiger partial charge in [0.25, 0.3) is 0 Å². The summed E-state index contributed by atoms with van der Waals surface area (Å²) in [6.45, 7) is 1.84. The molecule has 3 atom stereocenters. The number of esters is 1. The third kappa shape index (κ3) is 3.65. The standard InChI is InChI=1S/C24H22ClNO3/c1-14-21(24(28)29-2)22(16-8-10-18(25)11-9-16)23-19(26-14)12-17(13-20(23)27)15-6-4-3-5-7-15/h3-11,17,21-22H,12-13H2,1-2H3/t17-,21?,22+/m1/s1. The first kappa shape index (κ1) is 19.6. The maximum atomic E-state index is 13.3. The molecule has 1 aliphatic carbocycles. The molecule has 2 aromatic rings. The lowest BCUT2D eigenvalue weighted by Crippen LogP contribution is -2.37. The van der Waals surface area contributed by atoms with Gasteiger partial charge in [-0.3, -0.25) is 14.6 Å². The fourth-order valence-electron chi connectivity index (χ4n) is 4.48. The van der Waals surface area contributed by atoms with Crippen molar-refractivity contribution in [1.29, 1.82) is 0 Å². The van der Waals surface area contributed by atoms with Crippen molar-refractivity contribution in [2.45, 2.75) is 31.6 Å². The van der Waals surface area contributed by atoms with E-state index >= 15 is 0 Å². The van der Waals surface area contributed by atoms with Crippen LogP contribution in [0.15, 0.2) is 70.9 Å².